The molecule has 1 aliphatic carbocycles. The van der Waals surface area contributed by atoms with Crippen molar-refractivity contribution in [3.8, 4) is 0 Å². The summed E-state index contributed by atoms with van der Waals surface area (Å²) < 4.78 is 13.4. The Kier molecular flexibility index (Phi) is 3.17. The van der Waals surface area contributed by atoms with Crippen LogP contribution in [-0.4, -0.2) is 6.04 Å². The maximum atomic E-state index is 13.4. The summed E-state index contributed by atoms with van der Waals surface area (Å²) in [5.41, 5.74) is 7.90. The maximum Gasteiger partial charge on any atom is 0.126 e. The molecule has 1 aromatic rings. The van der Waals surface area contributed by atoms with E-state index in [1.165, 1.54) is 11.6 Å². The van der Waals surface area contributed by atoms with Crippen LogP contribution in [0.5, 0.6) is 0 Å². The first kappa shape index (κ1) is 10.4. The van der Waals surface area contributed by atoms with Crippen LogP contribution >= 0.6 is 0 Å². The van der Waals surface area contributed by atoms with Crippen molar-refractivity contribution in [3.05, 3.63) is 47.3 Å². The molecule has 2 rings (SSSR count). The number of nitrogens with two attached hydrogens (primary N) is 1. The first-order chi connectivity index (χ1) is 7.25. The van der Waals surface area contributed by atoms with Gasteiger partial charge in [0.05, 0.1) is 0 Å². The molecule has 1 aromatic carbocycles. The summed E-state index contributed by atoms with van der Waals surface area (Å²) >= 11 is 0. The summed E-state index contributed by atoms with van der Waals surface area (Å²) in [5, 5.41) is 0. The Labute approximate surface area is 89.8 Å². The van der Waals surface area contributed by atoms with Crippen molar-refractivity contribution in [3.63, 3.8) is 0 Å². The quantitative estimate of drug-likeness (QED) is 0.738. The van der Waals surface area contributed by atoms with Gasteiger partial charge in [-0.1, -0.05) is 29.8 Å². The molecule has 0 amide bonds. The molecule has 2 N–H and O–H groups in total. The van der Waals surface area contributed by atoms with E-state index in [2.05, 4.69) is 6.08 Å². The van der Waals surface area contributed by atoms with Crippen LogP contribution in [0.15, 0.2) is 35.9 Å². The molecule has 80 valence electrons. The second kappa shape index (κ2) is 4.58. The summed E-state index contributed by atoms with van der Waals surface area (Å²) in [5.74, 6) is -0.113. The Bertz CT molecular complexity index is 371. The number of allylic oxidation sites excluding steroid dienone is 1. The van der Waals surface area contributed by atoms with Crippen molar-refractivity contribution >= 4 is 0 Å². The summed E-state index contributed by atoms with van der Waals surface area (Å²) in [6.07, 6.45) is 6.04. The van der Waals surface area contributed by atoms with Crippen LogP contribution in [0, 0.1) is 5.82 Å². The molecule has 0 spiro atoms. The van der Waals surface area contributed by atoms with Crippen molar-refractivity contribution < 1.29 is 4.39 Å². The summed E-state index contributed by atoms with van der Waals surface area (Å²) in [7, 11) is 0. The Balaban J connectivity index is 2.12. The smallest absolute Gasteiger partial charge is 0.126 e. The van der Waals surface area contributed by atoms with E-state index in [-0.39, 0.29) is 11.9 Å². The monoisotopic (exact) mass is 205 g/mol. The summed E-state index contributed by atoms with van der Waals surface area (Å²) in [4.78, 5) is 0. The lowest BCUT2D eigenvalue weighted by atomic mass is 9.92. The van der Waals surface area contributed by atoms with Crippen LogP contribution in [0.25, 0.3) is 0 Å². The van der Waals surface area contributed by atoms with Gasteiger partial charge in [-0.05, 0) is 37.3 Å². The average molecular weight is 205 g/mol. The largest absolute Gasteiger partial charge is 0.324 e. The number of halogens is 1. The van der Waals surface area contributed by atoms with E-state index in [1.807, 2.05) is 12.1 Å². The summed E-state index contributed by atoms with van der Waals surface area (Å²) in [6.45, 7) is 0. The lowest BCUT2D eigenvalue weighted by molar-refractivity contribution is 0.596. The number of benzene rings is 1. The Morgan fingerprint density at radius 1 is 1.33 bits per heavy atom. The molecular formula is C13H16FN. The van der Waals surface area contributed by atoms with Crippen molar-refractivity contribution in [2.24, 2.45) is 5.73 Å². The Hall–Kier alpha value is -1.15. The van der Waals surface area contributed by atoms with Crippen LogP contribution in [-0.2, 0) is 6.42 Å². The van der Waals surface area contributed by atoms with Gasteiger partial charge < -0.3 is 5.73 Å². The highest BCUT2D eigenvalue weighted by molar-refractivity contribution is 5.25. The molecule has 1 unspecified atom stereocenters. The van der Waals surface area contributed by atoms with Crippen LogP contribution in [0.3, 0.4) is 0 Å². The van der Waals surface area contributed by atoms with Crippen LogP contribution in [0.1, 0.15) is 24.8 Å². The highest BCUT2D eigenvalue weighted by Gasteiger charge is 2.11. The topological polar surface area (TPSA) is 26.0 Å². The van der Waals surface area contributed by atoms with Gasteiger partial charge in [-0.15, -0.1) is 0 Å². The molecule has 0 radical (unpaired) electrons. The third-order valence-corrected chi connectivity index (χ3v) is 2.86. The molecule has 0 fully saturated rings. The Morgan fingerprint density at radius 2 is 2.13 bits per heavy atom. The van der Waals surface area contributed by atoms with Crippen molar-refractivity contribution in [1.82, 2.24) is 0 Å². The molecule has 1 atom stereocenters. The fraction of sp³-hybridized carbons (Fsp3) is 0.385. The first-order valence-corrected chi connectivity index (χ1v) is 5.44. The predicted molar refractivity (Wildman–Crippen MR) is 60.0 cm³/mol. The summed E-state index contributed by atoms with van der Waals surface area (Å²) in [6, 6.07) is 7.12. The second-order valence-electron chi connectivity index (χ2n) is 4.15. The number of hydrogen-bond donors (Lipinski definition) is 1. The third-order valence-electron chi connectivity index (χ3n) is 2.86. The predicted octanol–water partition coefficient (Wildman–Crippen LogP) is 2.81. The van der Waals surface area contributed by atoms with Gasteiger partial charge in [0, 0.05) is 6.04 Å². The fourth-order valence-electron chi connectivity index (χ4n) is 2.07. The normalized spacial score (nSPS) is 21.2. The maximum absolute atomic E-state index is 13.4. The van der Waals surface area contributed by atoms with Crippen LogP contribution in [0.4, 0.5) is 4.39 Å². The molecule has 1 aliphatic rings. The first-order valence-electron chi connectivity index (χ1n) is 5.44. The van der Waals surface area contributed by atoms with Crippen molar-refractivity contribution in [1.29, 1.82) is 0 Å². The molecule has 15 heavy (non-hydrogen) atoms. The molecule has 0 heterocycles. The molecule has 0 saturated carbocycles. The molecule has 2 heteroatoms. The third kappa shape index (κ3) is 2.66. The lowest BCUT2D eigenvalue weighted by Gasteiger charge is -2.17. The fourth-order valence-corrected chi connectivity index (χ4v) is 2.07. The van der Waals surface area contributed by atoms with Crippen LogP contribution in [0.2, 0.25) is 0 Å². The van der Waals surface area contributed by atoms with E-state index in [0.717, 1.165) is 24.8 Å². The van der Waals surface area contributed by atoms with Gasteiger partial charge >= 0.3 is 0 Å². The van der Waals surface area contributed by atoms with Crippen molar-refractivity contribution in [2.75, 3.05) is 0 Å². The number of hydrogen-bond acceptors (Lipinski definition) is 1. The van der Waals surface area contributed by atoms with Gasteiger partial charge in [0.25, 0.3) is 0 Å². The SMILES string of the molecule is NC1C=C(Cc2ccccc2F)CCC1. The highest BCUT2D eigenvalue weighted by Crippen LogP contribution is 2.21. The van der Waals surface area contributed by atoms with E-state index >= 15 is 0 Å². The molecular weight excluding hydrogens is 189 g/mol. The minimum absolute atomic E-state index is 0.113. The lowest BCUT2D eigenvalue weighted by Crippen LogP contribution is -2.20. The molecule has 0 aliphatic heterocycles. The Morgan fingerprint density at radius 3 is 2.87 bits per heavy atom. The molecule has 0 bridgehead atoms. The van der Waals surface area contributed by atoms with E-state index < -0.39 is 0 Å². The standard InChI is InChI=1S/C13H16FN/c14-13-7-2-1-5-11(13)8-10-4-3-6-12(15)9-10/h1-2,5,7,9,12H,3-4,6,8,15H2. The minimum atomic E-state index is -0.113. The second-order valence-corrected chi connectivity index (χ2v) is 4.15. The molecule has 0 saturated heterocycles. The molecule has 0 aromatic heterocycles. The zero-order valence-corrected chi connectivity index (χ0v) is 8.75. The van der Waals surface area contributed by atoms with Gasteiger partial charge in [-0.25, -0.2) is 4.39 Å². The highest BCUT2D eigenvalue weighted by atomic mass is 19.1. The minimum Gasteiger partial charge on any atom is -0.324 e. The zero-order chi connectivity index (χ0) is 10.7. The van der Waals surface area contributed by atoms with Gasteiger partial charge in [0.15, 0.2) is 0 Å². The molecule has 1 nitrogen and oxygen atoms in total. The van der Waals surface area contributed by atoms with Gasteiger partial charge in [0.1, 0.15) is 5.82 Å². The zero-order valence-electron chi connectivity index (χ0n) is 8.75. The van der Waals surface area contributed by atoms with Gasteiger partial charge in [0.2, 0.25) is 0 Å². The number of rotatable bonds is 2. The van der Waals surface area contributed by atoms with Crippen molar-refractivity contribution in [2.45, 2.75) is 31.7 Å². The van der Waals surface area contributed by atoms with E-state index in [1.54, 1.807) is 6.07 Å². The van der Waals surface area contributed by atoms with Gasteiger partial charge in [-0.3, -0.25) is 0 Å². The van der Waals surface area contributed by atoms with E-state index in [4.69, 9.17) is 5.73 Å². The van der Waals surface area contributed by atoms with Crippen LogP contribution < -0.4 is 5.73 Å². The van der Waals surface area contributed by atoms with E-state index in [0.29, 0.717) is 6.42 Å². The average Bonchev–Trinajstić information content (AvgIpc) is 2.22. The van der Waals surface area contributed by atoms with Gasteiger partial charge in [-0.2, -0.15) is 0 Å². The van der Waals surface area contributed by atoms with E-state index in [9.17, 15) is 4.39 Å².